The van der Waals surface area contributed by atoms with Crippen molar-refractivity contribution in [3.05, 3.63) is 0 Å². The number of carbonyl (C=O) groups excluding carboxylic acids is 2. The van der Waals surface area contributed by atoms with E-state index in [1.165, 1.54) is 7.11 Å². The second-order valence-electron chi connectivity index (χ2n) is 4.38. The lowest BCUT2D eigenvalue weighted by molar-refractivity contribution is -0.126. The average molecular weight is 213 g/mol. The van der Waals surface area contributed by atoms with Crippen molar-refractivity contribution < 1.29 is 14.3 Å². The Bertz CT molecular complexity index is 250. The van der Waals surface area contributed by atoms with E-state index < -0.39 is 0 Å². The van der Waals surface area contributed by atoms with Crippen LogP contribution in [0.15, 0.2) is 0 Å². The van der Waals surface area contributed by atoms with Crippen LogP contribution in [0.5, 0.6) is 0 Å². The number of carbonyl (C=O) groups is 2. The number of ketones is 1. The van der Waals surface area contributed by atoms with Crippen LogP contribution >= 0.6 is 0 Å². The SMILES string of the molecule is COC(=O)N1CCCC(=O)C1CC(C)C. The zero-order chi connectivity index (χ0) is 11.4. The Balaban J connectivity index is 2.72. The lowest BCUT2D eigenvalue weighted by Crippen LogP contribution is -2.49. The molecule has 0 spiro atoms. The van der Waals surface area contributed by atoms with E-state index in [0.717, 1.165) is 12.8 Å². The fourth-order valence-corrected chi connectivity index (χ4v) is 1.96. The maximum absolute atomic E-state index is 11.7. The monoisotopic (exact) mass is 213 g/mol. The molecule has 4 nitrogen and oxygen atoms in total. The third kappa shape index (κ3) is 2.94. The number of rotatable bonds is 2. The Morgan fingerprint density at radius 1 is 1.60 bits per heavy atom. The van der Waals surface area contributed by atoms with Crippen LogP contribution in [0.1, 0.15) is 33.1 Å². The summed E-state index contributed by atoms with van der Waals surface area (Å²) in [6.07, 6.45) is 1.69. The molecule has 4 heteroatoms. The van der Waals surface area contributed by atoms with Crippen LogP contribution in [0.25, 0.3) is 0 Å². The molecule has 0 aromatic heterocycles. The Kier molecular flexibility index (Phi) is 4.12. The molecule has 1 aliphatic rings. The molecule has 0 aromatic rings. The van der Waals surface area contributed by atoms with Gasteiger partial charge in [-0.2, -0.15) is 0 Å². The summed E-state index contributed by atoms with van der Waals surface area (Å²) in [5.74, 6) is 0.574. The van der Waals surface area contributed by atoms with Gasteiger partial charge in [-0.05, 0) is 18.8 Å². The normalized spacial score (nSPS) is 22.0. The Morgan fingerprint density at radius 3 is 2.80 bits per heavy atom. The minimum atomic E-state index is -0.381. The van der Waals surface area contributed by atoms with Gasteiger partial charge in [0.05, 0.1) is 13.2 Å². The molecule has 0 bridgehead atoms. The lowest BCUT2D eigenvalue weighted by atomic mass is 9.93. The standard InChI is InChI=1S/C11H19NO3/c1-8(2)7-9-10(13)5-4-6-12(9)11(14)15-3/h8-9H,4-7H2,1-3H3. The number of methoxy groups -OCH3 is 1. The van der Waals surface area contributed by atoms with Crippen LogP contribution in [-0.2, 0) is 9.53 Å². The average Bonchev–Trinajstić information content (AvgIpc) is 2.19. The highest BCUT2D eigenvalue weighted by atomic mass is 16.5. The number of ether oxygens (including phenoxy) is 1. The number of Topliss-reactive ketones (excluding diaryl/α,β-unsaturated/α-hetero) is 1. The van der Waals surface area contributed by atoms with Gasteiger partial charge in [-0.1, -0.05) is 13.8 Å². The van der Waals surface area contributed by atoms with Gasteiger partial charge in [0.2, 0.25) is 0 Å². The van der Waals surface area contributed by atoms with Gasteiger partial charge in [0.1, 0.15) is 0 Å². The number of piperidine rings is 1. The van der Waals surface area contributed by atoms with Gasteiger partial charge < -0.3 is 4.74 Å². The van der Waals surface area contributed by atoms with Crippen LogP contribution in [0.3, 0.4) is 0 Å². The van der Waals surface area contributed by atoms with E-state index in [1.54, 1.807) is 4.90 Å². The van der Waals surface area contributed by atoms with E-state index in [2.05, 4.69) is 18.6 Å². The van der Waals surface area contributed by atoms with Crippen molar-refractivity contribution in [1.29, 1.82) is 0 Å². The van der Waals surface area contributed by atoms with Crippen LogP contribution in [-0.4, -0.2) is 36.5 Å². The molecule has 1 saturated heterocycles. The van der Waals surface area contributed by atoms with Gasteiger partial charge in [0.15, 0.2) is 5.78 Å². The maximum Gasteiger partial charge on any atom is 0.410 e. The largest absolute Gasteiger partial charge is 0.453 e. The van der Waals surface area contributed by atoms with E-state index in [4.69, 9.17) is 0 Å². The van der Waals surface area contributed by atoms with Gasteiger partial charge in [-0.15, -0.1) is 0 Å². The van der Waals surface area contributed by atoms with Gasteiger partial charge in [-0.3, -0.25) is 9.69 Å². The molecular formula is C11H19NO3. The number of amides is 1. The summed E-state index contributed by atoms with van der Waals surface area (Å²) in [5.41, 5.74) is 0. The van der Waals surface area contributed by atoms with Crippen molar-refractivity contribution in [3.63, 3.8) is 0 Å². The second kappa shape index (κ2) is 5.14. The molecule has 1 fully saturated rings. The summed E-state index contributed by atoms with van der Waals surface area (Å²) in [7, 11) is 1.36. The van der Waals surface area contributed by atoms with Gasteiger partial charge in [-0.25, -0.2) is 4.79 Å². The molecule has 0 radical (unpaired) electrons. The van der Waals surface area contributed by atoms with Crippen molar-refractivity contribution in [2.24, 2.45) is 5.92 Å². The van der Waals surface area contributed by atoms with Crippen LogP contribution in [0.2, 0.25) is 0 Å². The molecule has 1 rings (SSSR count). The summed E-state index contributed by atoms with van der Waals surface area (Å²) in [5, 5.41) is 0. The van der Waals surface area contributed by atoms with Crippen molar-refractivity contribution in [2.45, 2.75) is 39.2 Å². The predicted octanol–water partition coefficient (Wildman–Crippen LogP) is 1.83. The number of likely N-dealkylation sites (tertiary alicyclic amines) is 1. The number of hydrogen-bond donors (Lipinski definition) is 0. The third-order valence-electron chi connectivity index (χ3n) is 2.67. The molecule has 1 unspecified atom stereocenters. The lowest BCUT2D eigenvalue weighted by Gasteiger charge is -2.34. The topological polar surface area (TPSA) is 46.6 Å². The van der Waals surface area contributed by atoms with Crippen LogP contribution in [0, 0.1) is 5.92 Å². The molecule has 0 saturated carbocycles. The summed E-state index contributed by atoms with van der Waals surface area (Å²) >= 11 is 0. The van der Waals surface area contributed by atoms with Gasteiger partial charge >= 0.3 is 6.09 Å². The Morgan fingerprint density at radius 2 is 2.27 bits per heavy atom. The highest BCUT2D eigenvalue weighted by molar-refractivity contribution is 5.88. The van der Waals surface area contributed by atoms with E-state index in [-0.39, 0.29) is 17.9 Å². The molecule has 0 N–H and O–H groups in total. The number of nitrogens with zero attached hydrogens (tertiary/aromatic N) is 1. The van der Waals surface area contributed by atoms with E-state index in [9.17, 15) is 9.59 Å². The molecule has 86 valence electrons. The predicted molar refractivity (Wildman–Crippen MR) is 56.6 cm³/mol. The highest BCUT2D eigenvalue weighted by Crippen LogP contribution is 2.20. The summed E-state index contributed by atoms with van der Waals surface area (Å²) < 4.78 is 4.68. The fourth-order valence-electron chi connectivity index (χ4n) is 1.96. The van der Waals surface area contributed by atoms with E-state index in [1.807, 2.05) is 0 Å². The zero-order valence-electron chi connectivity index (χ0n) is 9.66. The molecule has 0 aromatic carbocycles. The second-order valence-corrected chi connectivity index (χ2v) is 4.38. The fraction of sp³-hybridized carbons (Fsp3) is 0.818. The first-order valence-corrected chi connectivity index (χ1v) is 5.43. The number of hydrogen-bond acceptors (Lipinski definition) is 3. The summed E-state index contributed by atoms with van der Waals surface area (Å²) in [6, 6.07) is -0.272. The third-order valence-corrected chi connectivity index (χ3v) is 2.67. The summed E-state index contributed by atoms with van der Waals surface area (Å²) in [6.45, 7) is 4.74. The molecule has 1 amide bonds. The molecule has 15 heavy (non-hydrogen) atoms. The molecule has 0 aliphatic carbocycles. The van der Waals surface area contributed by atoms with Crippen molar-refractivity contribution in [1.82, 2.24) is 4.90 Å². The van der Waals surface area contributed by atoms with Crippen molar-refractivity contribution in [2.75, 3.05) is 13.7 Å². The van der Waals surface area contributed by atoms with E-state index in [0.29, 0.717) is 18.9 Å². The first-order chi connectivity index (χ1) is 7.06. The zero-order valence-corrected chi connectivity index (χ0v) is 9.66. The Labute approximate surface area is 90.6 Å². The van der Waals surface area contributed by atoms with Crippen molar-refractivity contribution >= 4 is 11.9 Å². The molecule has 1 aliphatic heterocycles. The summed E-state index contributed by atoms with van der Waals surface area (Å²) in [4.78, 5) is 24.7. The van der Waals surface area contributed by atoms with Gasteiger partial charge in [0, 0.05) is 13.0 Å². The molecule has 1 heterocycles. The van der Waals surface area contributed by atoms with Crippen molar-refractivity contribution in [3.8, 4) is 0 Å². The quantitative estimate of drug-likeness (QED) is 0.703. The maximum atomic E-state index is 11.7. The Hall–Kier alpha value is -1.06. The first kappa shape index (κ1) is 12.0. The minimum absolute atomic E-state index is 0.167. The minimum Gasteiger partial charge on any atom is -0.453 e. The molecule has 1 atom stereocenters. The van der Waals surface area contributed by atoms with Gasteiger partial charge in [0.25, 0.3) is 0 Å². The van der Waals surface area contributed by atoms with E-state index >= 15 is 0 Å². The van der Waals surface area contributed by atoms with Crippen LogP contribution in [0.4, 0.5) is 4.79 Å². The van der Waals surface area contributed by atoms with Crippen LogP contribution < -0.4 is 0 Å². The first-order valence-electron chi connectivity index (χ1n) is 5.43. The highest BCUT2D eigenvalue weighted by Gasteiger charge is 2.33. The smallest absolute Gasteiger partial charge is 0.410 e. The molecular weight excluding hydrogens is 194 g/mol.